The molecule has 1 aromatic rings. The molecule has 0 saturated heterocycles. The number of amides is 2. The number of rotatable bonds is 5. The first-order chi connectivity index (χ1) is 9.45. The van der Waals surface area contributed by atoms with Crippen molar-refractivity contribution in [2.24, 2.45) is 5.92 Å². The first-order valence-corrected chi connectivity index (χ1v) is 7.77. The third kappa shape index (κ3) is 4.49. The summed E-state index contributed by atoms with van der Waals surface area (Å²) in [6.07, 6.45) is 2.12. The molecule has 0 atom stereocenters. The second kappa shape index (κ2) is 6.58. The van der Waals surface area contributed by atoms with Gasteiger partial charge in [0.1, 0.15) is 6.54 Å². The normalized spacial score (nSPS) is 13.9. The fourth-order valence-corrected chi connectivity index (χ4v) is 2.49. The molecule has 0 unspecified atom stereocenters. The highest BCUT2D eigenvalue weighted by Crippen LogP contribution is 2.30. The molecule has 20 heavy (non-hydrogen) atoms. The SMILES string of the molecule is O=C(O)CN(CC1CC1)C(=O)Nc1cc(Br)ccc1Br. The Labute approximate surface area is 133 Å². The summed E-state index contributed by atoms with van der Waals surface area (Å²) in [6.45, 7) is 0.206. The van der Waals surface area contributed by atoms with Crippen molar-refractivity contribution in [1.29, 1.82) is 0 Å². The van der Waals surface area contributed by atoms with Crippen LogP contribution in [0.4, 0.5) is 10.5 Å². The van der Waals surface area contributed by atoms with E-state index in [4.69, 9.17) is 5.11 Å². The van der Waals surface area contributed by atoms with Crippen LogP contribution in [0.15, 0.2) is 27.1 Å². The van der Waals surface area contributed by atoms with E-state index in [1.807, 2.05) is 12.1 Å². The van der Waals surface area contributed by atoms with Gasteiger partial charge in [-0.15, -0.1) is 0 Å². The molecule has 2 N–H and O–H groups in total. The maximum Gasteiger partial charge on any atom is 0.323 e. The smallest absolute Gasteiger partial charge is 0.323 e. The summed E-state index contributed by atoms with van der Waals surface area (Å²) < 4.78 is 1.58. The first kappa shape index (κ1) is 15.3. The van der Waals surface area contributed by atoms with Crippen LogP contribution in [0, 0.1) is 5.92 Å². The van der Waals surface area contributed by atoms with Gasteiger partial charge in [-0.05, 0) is 52.9 Å². The zero-order valence-electron chi connectivity index (χ0n) is 10.6. The minimum atomic E-state index is -1.01. The van der Waals surface area contributed by atoms with Crippen molar-refractivity contribution >= 4 is 49.5 Å². The Morgan fingerprint density at radius 3 is 2.65 bits per heavy atom. The molecule has 1 aromatic carbocycles. The topological polar surface area (TPSA) is 69.6 Å². The predicted molar refractivity (Wildman–Crippen MR) is 82.8 cm³/mol. The van der Waals surface area contributed by atoms with Crippen molar-refractivity contribution in [3.63, 3.8) is 0 Å². The van der Waals surface area contributed by atoms with E-state index in [1.54, 1.807) is 6.07 Å². The number of urea groups is 1. The summed E-state index contributed by atoms with van der Waals surface area (Å²) in [7, 11) is 0. The second-order valence-corrected chi connectivity index (χ2v) is 6.54. The summed E-state index contributed by atoms with van der Waals surface area (Å²) >= 11 is 6.69. The third-order valence-electron chi connectivity index (χ3n) is 2.96. The van der Waals surface area contributed by atoms with Gasteiger partial charge in [-0.3, -0.25) is 4.79 Å². The molecule has 0 spiro atoms. The van der Waals surface area contributed by atoms with Crippen molar-refractivity contribution in [3.8, 4) is 0 Å². The second-order valence-electron chi connectivity index (χ2n) is 4.77. The number of aliphatic carboxylic acids is 1. The van der Waals surface area contributed by atoms with Crippen molar-refractivity contribution in [2.45, 2.75) is 12.8 Å². The molecular weight excluding hydrogens is 392 g/mol. The molecule has 2 rings (SSSR count). The molecule has 0 radical (unpaired) electrons. The fourth-order valence-electron chi connectivity index (χ4n) is 1.78. The molecule has 5 nitrogen and oxygen atoms in total. The number of nitrogens with zero attached hydrogens (tertiary/aromatic N) is 1. The Bertz CT molecular complexity index is 532. The summed E-state index contributed by atoms with van der Waals surface area (Å²) in [5.74, 6) is -0.569. The highest BCUT2D eigenvalue weighted by molar-refractivity contribution is 9.11. The maximum absolute atomic E-state index is 12.2. The zero-order valence-corrected chi connectivity index (χ0v) is 13.8. The molecular formula is C13H14Br2N2O3. The van der Waals surface area contributed by atoms with Gasteiger partial charge in [0.05, 0.1) is 5.69 Å². The number of carboxylic acid groups (broad SMARTS) is 1. The number of carbonyl (C=O) groups excluding carboxylic acids is 1. The van der Waals surface area contributed by atoms with Crippen molar-refractivity contribution in [1.82, 2.24) is 4.90 Å². The Morgan fingerprint density at radius 1 is 1.35 bits per heavy atom. The van der Waals surface area contributed by atoms with Crippen LogP contribution < -0.4 is 5.32 Å². The molecule has 0 aromatic heterocycles. The Morgan fingerprint density at radius 2 is 2.05 bits per heavy atom. The molecule has 1 fully saturated rings. The first-order valence-electron chi connectivity index (χ1n) is 6.18. The minimum absolute atomic E-state index is 0.284. The number of carboxylic acids is 1. The zero-order chi connectivity index (χ0) is 14.7. The summed E-state index contributed by atoms with van der Waals surface area (Å²) in [4.78, 5) is 24.4. The molecule has 0 bridgehead atoms. The van der Waals surface area contributed by atoms with Crippen LogP contribution in [0.25, 0.3) is 0 Å². The molecule has 1 aliphatic carbocycles. The van der Waals surface area contributed by atoms with Crippen LogP contribution in [-0.4, -0.2) is 35.1 Å². The molecule has 7 heteroatoms. The Kier molecular flexibility index (Phi) is 5.04. The number of hydrogen-bond donors (Lipinski definition) is 2. The molecule has 1 aliphatic rings. The summed E-state index contributed by atoms with van der Waals surface area (Å²) in [5.41, 5.74) is 0.607. The molecule has 0 heterocycles. The highest BCUT2D eigenvalue weighted by Gasteiger charge is 2.28. The predicted octanol–water partition coefficient (Wildman–Crippen LogP) is 3.54. The van der Waals surface area contributed by atoms with Gasteiger partial charge in [-0.2, -0.15) is 0 Å². The van der Waals surface area contributed by atoms with Crippen LogP contribution in [0.1, 0.15) is 12.8 Å². The number of hydrogen-bond acceptors (Lipinski definition) is 2. The average Bonchev–Trinajstić information content (AvgIpc) is 3.16. The molecule has 0 aliphatic heterocycles. The molecule has 108 valence electrons. The number of nitrogens with one attached hydrogen (secondary N) is 1. The summed E-state index contributed by atoms with van der Waals surface area (Å²) in [6, 6.07) is 5.03. The summed E-state index contributed by atoms with van der Waals surface area (Å²) in [5, 5.41) is 11.6. The Hall–Kier alpha value is -1.08. The molecule has 1 saturated carbocycles. The lowest BCUT2D eigenvalue weighted by molar-refractivity contribution is -0.137. The van der Waals surface area contributed by atoms with E-state index in [1.165, 1.54) is 4.90 Å². The standard InChI is InChI=1S/C13H14Br2N2O3/c14-9-3-4-10(15)11(5-9)16-13(20)17(7-12(18)19)6-8-1-2-8/h3-5,8H,1-2,6-7H2,(H,16,20)(H,18,19). The lowest BCUT2D eigenvalue weighted by Gasteiger charge is -2.21. The van der Waals surface area contributed by atoms with E-state index < -0.39 is 12.0 Å². The van der Waals surface area contributed by atoms with Gasteiger partial charge < -0.3 is 15.3 Å². The maximum atomic E-state index is 12.2. The molecule has 2 amide bonds. The number of carbonyl (C=O) groups is 2. The lowest BCUT2D eigenvalue weighted by Crippen LogP contribution is -2.40. The number of benzene rings is 1. The van der Waals surface area contributed by atoms with Crippen LogP contribution in [0.2, 0.25) is 0 Å². The van der Waals surface area contributed by atoms with E-state index in [9.17, 15) is 9.59 Å². The third-order valence-corrected chi connectivity index (χ3v) is 4.14. The van der Waals surface area contributed by atoms with E-state index >= 15 is 0 Å². The lowest BCUT2D eigenvalue weighted by atomic mass is 10.3. The van der Waals surface area contributed by atoms with Crippen molar-refractivity contribution in [2.75, 3.05) is 18.4 Å². The van der Waals surface area contributed by atoms with Gasteiger partial charge in [-0.25, -0.2) is 4.79 Å². The van der Waals surface area contributed by atoms with E-state index in [-0.39, 0.29) is 6.54 Å². The van der Waals surface area contributed by atoms with Crippen LogP contribution in [0.3, 0.4) is 0 Å². The number of anilines is 1. The largest absolute Gasteiger partial charge is 0.480 e. The Balaban J connectivity index is 2.06. The van der Waals surface area contributed by atoms with Crippen LogP contribution in [0.5, 0.6) is 0 Å². The van der Waals surface area contributed by atoms with Gasteiger partial charge >= 0.3 is 12.0 Å². The minimum Gasteiger partial charge on any atom is -0.480 e. The van der Waals surface area contributed by atoms with Gasteiger partial charge in [-0.1, -0.05) is 15.9 Å². The van der Waals surface area contributed by atoms with Crippen LogP contribution >= 0.6 is 31.9 Å². The number of halogens is 2. The van der Waals surface area contributed by atoms with Gasteiger partial charge in [0, 0.05) is 15.5 Å². The quantitative estimate of drug-likeness (QED) is 0.786. The van der Waals surface area contributed by atoms with Gasteiger partial charge in [0.25, 0.3) is 0 Å². The highest BCUT2D eigenvalue weighted by atomic mass is 79.9. The van der Waals surface area contributed by atoms with E-state index in [2.05, 4.69) is 37.2 Å². The van der Waals surface area contributed by atoms with E-state index in [0.29, 0.717) is 18.2 Å². The van der Waals surface area contributed by atoms with Gasteiger partial charge in [0.2, 0.25) is 0 Å². The fraction of sp³-hybridized carbons (Fsp3) is 0.385. The van der Waals surface area contributed by atoms with Crippen molar-refractivity contribution in [3.05, 3.63) is 27.1 Å². The van der Waals surface area contributed by atoms with Crippen molar-refractivity contribution < 1.29 is 14.7 Å². The monoisotopic (exact) mass is 404 g/mol. The average molecular weight is 406 g/mol. The van der Waals surface area contributed by atoms with Crippen LogP contribution in [-0.2, 0) is 4.79 Å². The van der Waals surface area contributed by atoms with E-state index in [0.717, 1.165) is 21.8 Å². The van der Waals surface area contributed by atoms with Gasteiger partial charge in [0.15, 0.2) is 0 Å².